The van der Waals surface area contributed by atoms with Crippen molar-refractivity contribution in [2.24, 2.45) is 17.6 Å². The first-order valence-electron chi connectivity index (χ1n) is 11.8. The number of halogens is 5. The molecule has 1 aromatic heterocycles. The number of nitrogens with one attached hydrogen (secondary N) is 1. The molecule has 2 aromatic rings. The van der Waals surface area contributed by atoms with Crippen LogP contribution in [0, 0.1) is 23.5 Å². The van der Waals surface area contributed by atoms with E-state index in [1.165, 1.54) is 20.1 Å². The number of alkyl halides is 3. The van der Waals surface area contributed by atoms with Gasteiger partial charge in [0.15, 0.2) is 17.2 Å². The molecule has 0 radical (unpaired) electrons. The standard InChI is InChI=1S/C25H28F5N3O6/c1-12-18(15-4-5-16(26)19(27)20(15)38-11-13(9-34)10-37-3)21(39-24(12,2)25(28,29)30)23(36)33-14-6-7-32-17(8-14)22(31)35/h4-8,12-13,18,21,34H,9-11H2,1-3H3,(H2,31,35)(H,32,33,36)/t12-,13+,18-,21+,24+/m0/s1. The number of anilines is 1. The first-order chi connectivity index (χ1) is 18.2. The van der Waals surface area contributed by atoms with Crippen LogP contribution in [0.4, 0.5) is 27.6 Å². The summed E-state index contributed by atoms with van der Waals surface area (Å²) in [6.07, 6.45) is -5.64. The molecule has 1 saturated heterocycles. The number of amides is 2. The number of carbonyl (C=O) groups excluding carboxylic acids is 2. The van der Waals surface area contributed by atoms with Gasteiger partial charge >= 0.3 is 6.18 Å². The Morgan fingerprint density at radius 1 is 1.26 bits per heavy atom. The highest BCUT2D eigenvalue weighted by molar-refractivity contribution is 5.97. The van der Waals surface area contributed by atoms with Gasteiger partial charge in [-0.25, -0.2) is 4.39 Å². The number of primary amides is 1. The number of rotatable bonds is 10. The fraction of sp³-hybridized carbons (Fsp3) is 0.480. The van der Waals surface area contributed by atoms with E-state index >= 15 is 0 Å². The van der Waals surface area contributed by atoms with Gasteiger partial charge in [-0.1, -0.05) is 13.0 Å². The molecule has 0 aliphatic carbocycles. The number of hydrogen-bond acceptors (Lipinski definition) is 7. The van der Waals surface area contributed by atoms with Crippen LogP contribution in [0.5, 0.6) is 5.75 Å². The summed E-state index contributed by atoms with van der Waals surface area (Å²) in [6, 6.07) is 4.14. The summed E-state index contributed by atoms with van der Waals surface area (Å²) in [5.74, 6) is -9.08. The minimum Gasteiger partial charge on any atom is -0.490 e. The molecule has 0 bridgehead atoms. The van der Waals surface area contributed by atoms with Crippen molar-refractivity contribution in [1.29, 1.82) is 0 Å². The van der Waals surface area contributed by atoms with E-state index < -0.39 is 71.4 Å². The van der Waals surface area contributed by atoms with Crippen molar-refractivity contribution in [3.63, 3.8) is 0 Å². The Kier molecular flexibility index (Phi) is 9.13. The molecule has 4 N–H and O–H groups in total. The van der Waals surface area contributed by atoms with Crippen LogP contribution in [0.3, 0.4) is 0 Å². The van der Waals surface area contributed by atoms with Gasteiger partial charge in [0.2, 0.25) is 5.82 Å². The summed E-state index contributed by atoms with van der Waals surface area (Å²) < 4.78 is 87.6. The highest BCUT2D eigenvalue weighted by atomic mass is 19.4. The first-order valence-corrected chi connectivity index (χ1v) is 11.8. The lowest BCUT2D eigenvalue weighted by Crippen LogP contribution is -2.47. The maximum atomic E-state index is 15.0. The minimum absolute atomic E-state index is 0.00209. The summed E-state index contributed by atoms with van der Waals surface area (Å²) in [4.78, 5) is 28.5. The molecule has 1 aliphatic rings. The zero-order valence-corrected chi connectivity index (χ0v) is 21.2. The van der Waals surface area contributed by atoms with E-state index in [9.17, 15) is 36.6 Å². The topological polar surface area (TPSA) is 133 Å². The lowest BCUT2D eigenvalue weighted by molar-refractivity contribution is -0.272. The third kappa shape index (κ3) is 6.12. The van der Waals surface area contributed by atoms with E-state index in [2.05, 4.69) is 10.3 Å². The van der Waals surface area contributed by atoms with Gasteiger partial charge < -0.3 is 30.4 Å². The highest BCUT2D eigenvalue weighted by Gasteiger charge is 2.66. The van der Waals surface area contributed by atoms with Crippen LogP contribution in [-0.2, 0) is 14.3 Å². The van der Waals surface area contributed by atoms with Crippen LogP contribution < -0.4 is 15.8 Å². The van der Waals surface area contributed by atoms with Crippen molar-refractivity contribution in [3.8, 4) is 5.75 Å². The lowest BCUT2D eigenvalue weighted by atomic mass is 9.77. The molecular formula is C25H28F5N3O6. The zero-order chi connectivity index (χ0) is 29.1. The van der Waals surface area contributed by atoms with Crippen molar-refractivity contribution < 1.29 is 50.9 Å². The van der Waals surface area contributed by atoms with Gasteiger partial charge in [0.05, 0.1) is 19.8 Å². The molecule has 0 saturated carbocycles. The van der Waals surface area contributed by atoms with Crippen LogP contribution in [0.15, 0.2) is 30.5 Å². The molecule has 5 atom stereocenters. The third-order valence-corrected chi connectivity index (χ3v) is 6.77. The first kappa shape index (κ1) is 30.2. The molecule has 3 rings (SSSR count). The zero-order valence-electron chi connectivity index (χ0n) is 21.2. The SMILES string of the molecule is COC[C@@H](CO)COc1c([C@H]2[C@H](C(=O)Nc3ccnc(C(N)=O)c3)O[C@@](C)(C(F)(F)F)[C@H]2C)ccc(F)c1F. The second kappa shape index (κ2) is 11.8. The Balaban J connectivity index is 2.07. The van der Waals surface area contributed by atoms with Gasteiger partial charge in [0.25, 0.3) is 11.8 Å². The predicted molar refractivity (Wildman–Crippen MR) is 127 cm³/mol. The molecule has 1 aromatic carbocycles. The molecule has 2 amide bonds. The summed E-state index contributed by atoms with van der Waals surface area (Å²) in [5, 5.41) is 11.9. The summed E-state index contributed by atoms with van der Waals surface area (Å²) in [7, 11) is 1.35. The second-order valence-electron chi connectivity index (χ2n) is 9.34. The van der Waals surface area contributed by atoms with Crippen LogP contribution >= 0.6 is 0 Å². The summed E-state index contributed by atoms with van der Waals surface area (Å²) in [5.41, 5.74) is 1.87. The summed E-state index contributed by atoms with van der Waals surface area (Å²) in [6.45, 7) is 1.15. The molecule has 1 aliphatic heterocycles. The van der Waals surface area contributed by atoms with Gasteiger partial charge in [-0.2, -0.15) is 17.6 Å². The average molecular weight is 562 g/mol. The molecular weight excluding hydrogens is 533 g/mol. The van der Waals surface area contributed by atoms with E-state index in [-0.39, 0.29) is 30.2 Å². The molecule has 1 fully saturated rings. The average Bonchev–Trinajstić information content (AvgIpc) is 3.16. The summed E-state index contributed by atoms with van der Waals surface area (Å²) >= 11 is 0. The number of aliphatic hydroxyl groups is 1. The molecule has 0 spiro atoms. The van der Waals surface area contributed by atoms with E-state index in [0.717, 1.165) is 25.3 Å². The maximum Gasteiger partial charge on any atom is 0.417 e. The number of aromatic nitrogens is 1. The monoisotopic (exact) mass is 561 g/mol. The van der Waals surface area contributed by atoms with E-state index in [4.69, 9.17) is 19.9 Å². The van der Waals surface area contributed by atoms with Gasteiger partial charge in [-0.05, 0) is 25.1 Å². The normalized spacial score (nSPS) is 23.9. The molecule has 39 heavy (non-hydrogen) atoms. The molecule has 214 valence electrons. The molecule has 0 unspecified atom stereocenters. The van der Waals surface area contributed by atoms with E-state index in [1.54, 1.807) is 0 Å². The number of aliphatic hydroxyl groups excluding tert-OH is 1. The Hall–Kier alpha value is -3.36. The highest BCUT2D eigenvalue weighted by Crippen LogP contribution is 2.55. The largest absolute Gasteiger partial charge is 0.490 e. The third-order valence-electron chi connectivity index (χ3n) is 6.77. The minimum atomic E-state index is -4.95. The molecule has 14 heteroatoms. The van der Waals surface area contributed by atoms with Gasteiger partial charge in [0, 0.05) is 42.3 Å². The lowest BCUT2D eigenvalue weighted by Gasteiger charge is -2.32. The van der Waals surface area contributed by atoms with Crippen molar-refractivity contribution in [3.05, 3.63) is 53.4 Å². The van der Waals surface area contributed by atoms with Gasteiger partial charge in [-0.15, -0.1) is 0 Å². The fourth-order valence-corrected chi connectivity index (χ4v) is 4.43. The molecule has 2 heterocycles. The number of methoxy groups -OCH3 is 1. The number of nitrogens with two attached hydrogens (primary N) is 1. The molecule has 9 nitrogen and oxygen atoms in total. The Morgan fingerprint density at radius 3 is 2.54 bits per heavy atom. The Labute approximate surface area is 220 Å². The number of nitrogens with zero attached hydrogens (tertiary/aromatic N) is 1. The smallest absolute Gasteiger partial charge is 0.417 e. The van der Waals surface area contributed by atoms with E-state index in [0.29, 0.717) is 6.07 Å². The van der Waals surface area contributed by atoms with Crippen molar-refractivity contribution in [2.75, 3.05) is 32.2 Å². The number of hydrogen-bond donors (Lipinski definition) is 3. The number of carbonyl (C=O) groups is 2. The Bertz CT molecular complexity index is 1210. The fourth-order valence-electron chi connectivity index (χ4n) is 4.43. The second-order valence-corrected chi connectivity index (χ2v) is 9.34. The number of ether oxygens (including phenoxy) is 3. The predicted octanol–water partition coefficient (Wildman–Crippen LogP) is 3.17. The van der Waals surface area contributed by atoms with Gasteiger partial charge in [-0.3, -0.25) is 14.6 Å². The van der Waals surface area contributed by atoms with Crippen molar-refractivity contribution >= 4 is 17.5 Å². The quantitative estimate of drug-likeness (QED) is 0.380. The van der Waals surface area contributed by atoms with Gasteiger partial charge in [0.1, 0.15) is 11.8 Å². The number of pyridine rings is 1. The van der Waals surface area contributed by atoms with Crippen LogP contribution in [0.2, 0.25) is 0 Å². The van der Waals surface area contributed by atoms with Crippen LogP contribution in [0.25, 0.3) is 0 Å². The maximum absolute atomic E-state index is 15.0. The van der Waals surface area contributed by atoms with Crippen LogP contribution in [0.1, 0.15) is 35.8 Å². The van der Waals surface area contributed by atoms with E-state index in [1.807, 2.05) is 0 Å². The van der Waals surface area contributed by atoms with Crippen molar-refractivity contribution in [1.82, 2.24) is 4.98 Å². The number of benzene rings is 1. The Morgan fingerprint density at radius 2 is 1.95 bits per heavy atom. The van der Waals surface area contributed by atoms with Crippen molar-refractivity contribution in [2.45, 2.75) is 37.6 Å². The van der Waals surface area contributed by atoms with Crippen LogP contribution in [-0.4, -0.2) is 66.7 Å².